The number of hydrogen-bond donors (Lipinski definition) is 1. The molecule has 1 rings (SSSR count). The van der Waals surface area contributed by atoms with Crippen molar-refractivity contribution < 1.29 is 4.74 Å². The van der Waals surface area contributed by atoms with Gasteiger partial charge in [0.1, 0.15) is 5.75 Å². The van der Waals surface area contributed by atoms with Crippen molar-refractivity contribution in [2.24, 2.45) is 5.92 Å². The van der Waals surface area contributed by atoms with Crippen LogP contribution in [0.25, 0.3) is 0 Å². The number of rotatable bonds is 6. The van der Waals surface area contributed by atoms with Crippen LogP contribution in [-0.4, -0.2) is 13.7 Å². The van der Waals surface area contributed by atoms with E-state index in [1.54, 1.807) is 18.4 Å². The Labute approximate surface area is 96.7 Å². The standard InChI is InChI=1S/C12H21NOS/c1-5-7-13-11(9(2)3)12-10(14-4)6-8-15-12/h6,8-9,11,13H,5,7H2,1-4H3. The van der Waals surface area contributed by atoms with Gasteiger partial charge < -0.3 is 10.1 Å². The number of hydrogen-bond acceptors (Lipinski definition) is 3. The molecule has 0 aliphatic carbocycles. The SMILES string of the molecule is CCCNC(c1sccc1OC)C(C)C. The predicted molar refractivity (Wildman–Crippen MR) is 66.7 cm³/mol. The van der Waals surface area contributed by atoms with Gasteiger partial charge in [-0.2, -0.15) is 0 Å². The topological polar surface area (TPSA) is 21.3 Å². The van der Waals surface area contributed by atoms with Crippen molar-refractivity contribution in [2.45, 2.75) is 33.2 Å². The lowest BCUT2D eigenvalue weighted by Gasteiger charge is -2.22. The van der Waals surface area contributed by atoms with Gasteiger partial charge in [-0.3, -0.25) is 0 Å². The molecule has 0 spiro atoms. The molecule has 1 heterocycles. The van der Waals surface area contributed by atoms with Crippen molar-refractivity contribution >= 4 is 11.3 Å². The zero-order valence-electron chi connectivity index (χ0n) is 10.0. The van der Waals surface area contributed by atoms with Crippen molar-refractivity contribution in [3.8, 4) is 5.75 Å². The van der Waals surface area contributed by atoms with Crippen molar-refractivity contribution in [2.75, 3.05) is 13.7 Å². The van der Waals surface area contributed by atoms with Crippen LogP contribution in [0.2, 0.25) is 0 Å². The lowest BCUT2D eigenvalue weighted by molar-refractivity contribution is 0.377. The van der Waals surface area contributed by atoms with Gasteiger partial charge in [-0.05, 0) is 30.3 Å². The molecule has 0 amide bonds. The summed E-state index contributed by atoms with van der Waals surface area (Å²) in [5.74, 6) is 1.60. The van der Waals surface area contributed by atoms with E-state index in [0.717, 1.165) is 18.7 Å². The Hall–Kier alpha value is -0.540. The molecule has 0 aliphatic heterocycles. The number of ether oxygens (including phenoxy) is 1. The van der Waals surface area contributed by atoms with E-state index >= 15 is 0 Å². The fourth-order valence-electron chi connectivity index (χ4n) is 1.64. The van der Waals surface area contributed by atoms with E-state index < -0.39 is 0 Å². The van der Waals surface area contributed by atoms with Gasteiger partial charge in [0.15, 0.2) is 0 Å². The van der Waals surface area contributed by atoms with Crippen LogP contribution in [0.4, 0.5) is 0 Å². The smallest absolute Gasteiger partial charge is 0.134 e. The first-order valence-corrected chi connectivity index (χ1v) is 6.43. The molecule has 1 N–H and O–H groups in total. The Kier molecular flexibility index (Phi) is 5.12. The summed E-state index contributed by atoms with van der Waals surface area (Å²) in [6, 6.07) is 2.46. The predicted octanol–water partition coefficient (Wildman–Crippen LogP) is 3.45. The van der Waals surface area contributed by atoms with Crippen molar-refractivity contribution in [1.29, 1.82) is 0 Å². The van der Waals surface area contributed by atoms with Gasteiger partial charge in [0.2, 0.25) is 0 Å². The van der Waals surface area contributed by atoms with Crippen molar-refractivity contribution in [3.05, 3.63) is 16.3 Å². The van der Waals surface area contributed by atoms with E-state index in [-0.39, 0.29) is 0 Å². The fourth-order valence-corrected chi connectivity index (χ4v) is 2.74. The molecule has 1 aromatic heterocycles. The number of methoxy groups -OCH3 is 1. The van der Waals surface area contributed by atoms with E-state index in [2.05, 4.69) is 31.5 Å². The zero-order chi connectivity index (χ0) is 11.3. The first-order chi connectivity index (χ1) is 7.20. The first kappa shape index (κ1) is 12.5. The maximum absolute atomic E-state index is 5.37. The third-order valence-corrected chi connectivity index (χ3v) is 3.42. The summed E-state index contributed by atoms with van der Waals surface area (Å²) in [5.41, 5.74) is 0. The highest BCUT2D eigenvalue weighted by Gasteiger charge is 2.19. The van der Waals surface area contributed by atoms with Crippen LogP contribution in [0.1, 0.15) is 38.1 Å². The Morgan fingerprint density at radius 1 is 1.47 bits per heavy atom. The minimum absolute atomic E-state index is 0.417. The van der Waals surface area contributed by atoms with Crippen LogP contribution in [0.15, 0.2) is 11.4 Å². The number of nitrogens with one attached hydrogen (secondary N) is 1. The second-order valence-corrected chi connectivity index (χ2v) is 4.98. The second kappa shape index (κ2) is 6.13. The minimum Gasteiger partial charge on any atom is -0.496 e. The van der Waals surface area contributed by atoms with Crippen LogP contribution in [-0.2, 0) is 0 Å². The quantitative estimate of drug-likeness (QED) is 0.803. The van der Waals surface area contributed by atoms with Gasteiger partial charge in [0, 0.05) is 6.04 Å². The van der Waals surface area contributed by atoms with Gasteiger partial charge in [0.25, 0.3) is 0 Å². The Morgan fingerprint density at radius 2 is 2.20 bits per heavy atom. The van der Waals surface area contributed by atoms with Gasteiger partial charge in [0.05, 0.1) is 12.0 Å². The van der Waals surface area contributed by atoms with E-state index in [4.69, 9.17) is 4.74 Å². The molecule has 0 aromatic carbocycles. The highest BCUT2D eigenvalue weighted by molar-refractivity contribution is 7.10. The molecule has 0 radical (unpaired) electrons. The Bertz CT molecular complexity index is 283. The van der Waals surface area contributed by atoms with Crippen LogP contribution in [0.5, 0.6) is 5.75 Å². The molecule has 0 bridgehead atoms. The highest BCUT2D eigenvalue weighted by Crippen LogP contribution is 2.34. The summed E-state index contributed by atoms with van der Waals surface area (Å²) < 4.78 is 5.37. The monoisotopic (exact) mass is 227 g/mol. The molecular weight excluding hydrogens is 206 g/mol. The van der Waals surface area contributed by atoms with Gasteiger partial charge in [-0.1, -0.05) is 20.8 Å². The third-order valence-electron chi connectivity index (χ3n) is 2.44. The molecular formula is C12H21NOS. The lowest BCUT2D eigenvalue weighted by Crippen LogP contribution is -2.25. The summed E-state index contributed by atoms with van der Waals surface area (Å²) in [6.07, 6.45) is 1.16. The molecule has 2 nitrogen and oxygen atoms in total. The van der Waals surface area contributed by atoms with Crippen molar-refractivity contribution in [3.63, 3.8) is 0 Å². The normalized spacial score (nSPS) is 13.1. The molecule has 0 fully saturated rings. The summed E-state index contributed by atoms with van der Waals surface area (Å²) in [4.78, 5) is 1.32. The molecule has 86 valence electrons. The average molecular weight is 227 g/mol. The molecule has 0 saturated heterocycles. The fraction of sp³-hybridized carbons (Fsp3) is 0.667. The zero-order valence-corrected chi connectivity index (χ0v) is 10.9. The Balaban J connectivity index is 2.78. The van der Waals surface area contributed by atoms with E-state index in [1.165, 1.54) is 4.88 Å². The molecule has 1 aromatic rings. The van der Waals surface area contributed by atoms with Gasteiger partial charge in [-0.15, -0.1) is 11.3 Å². The van der Waals surface area contributed by atoms with E-state index in [9.17, 15) is 0 Å². The third kappa shape index (κ3) is 3.21. The van der Waals surface area contributed by atoms with E-state index in [1.807, 2.05) is 6.07 Å². The largest absolute Gasteiger partial charge is 0.496 e. The van der Waals surface area contributed by atoms with Crippen LogP contribution >= 0.6 is 11.3 Å². The van der Waals surface area contributed by atoms with Crippen LogP contribution in [0.3, 0.4) is 0 Å². The molecule has 1 unspecified atom stereocenters. The van der Waals surface area contributed by atoms with Gasteiger partial charge >= 0.3 is 0 Å². The summed E-state index contributed by atoms with van der Waals surface area (Å²) >= 11 is 1.77. The van der Waals surface area contributed by atoms with Gasteiger partial charge in [-0.25, -0.2) is 0 Å². The summed E-state index contributed by atoms with van der Waals surface area (Å²) in [5, 5.41) is 5.67. The summed E-state index contributed by atoms with van der Waals surface area (Å²) in [6.45, 7) is 7.74. The average Bonchev–Trinajstić information content (AvgIpc) is 2.66. The molecule has 3 heteroatoms. The molecule has 1 atom stereocenters. The highest BCUT2D eigenvalue weighted by atomic mass is 32.1. The first-order valence-electron chi connectivity index (χ1n) is 5.55. The molecule has 0 saturated carbocycles. The van der Waals surface area contributed by atoms with Crippen molar-refractivity contribution in [1.82, 2.24) is 5.32 Å². The maximum atomic E-state index is 5.37. The lowest BCUT2D eigenvalue weighted by atomic mass is 10.0. The minimum atomic E-state index is 0.417. The Morgan fingerprint density at radius 3 is 2.73 bits per heavy atom. The van der Waals surface area contributed by atoms with Crippen LogP contribution in [0, 0.1) is 5.92 Å². The van der Waals surface area contributed by atoms with E-state index in [0.29, 0.717) is 12.0 Å². The second-order valence-electron chi connectivity index (χ2n) is 4.03. The molecule has 0 aliphatic rings. The maximum Gasteiger partial charge on any atom is 0.134 e. The molecule has 15 heavy (non-hydrogen) atoms. The number of thiophene rings is 1. The summed E-state index contributed by atoms with van der Waals surface area (Å²) in [7, 11) is 1.74. The van der Waals surface area contributed by atoms with Crippen LogP contribution < -0.4 is 10.1 Å².